The predicted octanol–water partition coefficient (Wildman–Crippen LogP) is 2.88. The first-order valence-electron chi connectivity index (χ1n) is 7.10. The molecule has 1 saturated carbocycles. The Hall–Kier alpha value is -1.73. The molecule has 1 aromatic carbocycles. The molecule has 0 atom stereocenters. The van der Waals surface area contributed by atoms with Crippen LogP contribution in [-0.4, -0.2) is 17.3 Å². The largest absolute Gasteiger partial charge is 0.397 e. The van der Waals surface area contributed by atoms with Gasteiger partial charge in [-0.3, -0.25) is 0 Å². The van der Waals surface area contributed by atoms with Crippen LogP contribution in [0, 0.1) is 16.7 Å². The molecule has 0 heterocycles. The summed E-state index contributed by atoms with van der Waals surface area (Å²) < 4.78 is 0. The van der Waals surface area contributed by atoms with Gasteiger partial charge in [-0.2, -0.15) is 5.26 Å². The fourth-order valence-corrected chi connectivity index (χ4v) is 2.62. The lowest BCUT2D eigenvalue weighted by Gasteiger charge is -2.40. The molecule has 0 radical (unpaired) electrons. The number of nitrogens with zero attached hydrogens (tertiary/aromatic N) is 1. The third kappa shape index (κ3) is 3.43. The lowest BCUT2D eigenvalue weighted by atomic mass is 9.71. The maximum atomic E-state index is 10.6. The lowest BCUT2D eigenvalue weighted by Crippen LogP contribution is -2.42. The number of nitrogen functional groups attached to an aromatic ring is 1. The van der Waals surface area contributed by atoms with E-state index in [-0.39, 0.29) is 0 Å². The monoisotopic (exact) mass is 273 g/mol. The van der Waals surface area contributed by atoms with Crippen molar-refractivity contribution in [3.63, 3.8) is 0 Å². The quantitative estimate of drug-likeness (QED) is 0.740. The van der Waals surface area contributed by atoms with E-state index in [9.17, 15) is 5.11 Å². The second kappa shape index (κ2) is 5.34. The lowest BCUT2D eigenvalue weighted by molar-refractivity contribution is -0.0145. The molecule has 0 amide bonds. The van der Waals surface area contributed by atoms with Crippen LogP contribution in [0.2, 0.25) is 0 Å². The summed E-state index contributed by atoms with van der Waals surface area (Å²) in [5, 5.41) is 22.6. The van der Waals surface area contributed by atoms with E-state index >= 15 is 0 Å². The van der Waals surface area contributed by atoms with Crippen molar-refractivity contribution in [3.8, 4) is 6.07 Å². The van der Waals surface area contributed by atoms with Crippen LogP contribution in [-0.2, 0) is 0 Å². The minimum absolute atomic E-state index is 0.333. The predicted molar refractivity (Wildman–Crippen MR) is 81.3 cm³/mol. The zero-order chi connectivity index (χ0) is 14.8. The third-order valence-corrected chi connectivity index (χ3v) is 4.32. The molecule has 4 N–H and O–H groups in total. The second-order valence-electron chi connectivity index (χ2n) is 6.66. The van der Waals surface area contributed by atoms with Crippen molar-refractivity contribution in [2.24, 2.45) is 5.41 Å². The smallest absolute Gasteiger partial charge is 0.0992 e. The number of anilines is 2. The van der Waals surface area contributed by atoms with E-state index in [1.165, 1.54) is 0 Å². The second-order valence-corrected chi connectivity index (χ2v) is 6.66. The molecule has 1 aliphatic rings. The zero-order valence-electron chi connectivity index (χ0n) is 12.2. The fourth-order valence-electron chi connectivity index (χ4n) is 2.62. The molecular formula is C16H23N3O. The summed E-state index contributed by atoms with van der Waals surface area (Å²) in [6.45, 7) is 5.00. The van der Waals surface area contributed by atoms with Crippen LogP contribution in [0.25, 0.3) is 0 Å². The van der Waals surface area contributed by atoms with Gasteiger partial charge in [-0.25, -0.2) is 0 Å². The Bertz CT molecular complexity index is 521. The molecule has 0 aromatic heterocycles. The van der Waals surface area contributed by atoms with E-state index in [0.717, 1.165) is 31.4 Å². The Kier molecular flexibility index (Phi) is 3.92. The summed E-state index contributed by atoms with van der Waals surface area (Å²) in [4.78, 5) is 0. The minimum atomic E-state index is -0.657. The summed E-state index contributed by atoms with van der Waals surface area (Å²) in [6.07, 6.45) is 3.69. The number of rotatable bonds is 3. The first kappa shape index (κ1) is 14.7. The van der Waals surface area contributed by atoms with E-state index in [2.05, 4.69) is 25.2 Å². The molecule has 0 unspecified atom stereocenters. The van der Waals surface area contributed by atoms with Gasteiger partial charge in [0.05, 0.1) is 28.6 Å². The van der Waals surface area contributed by atoms with E-state index < -0.39 is 5.60 Å². The molecule has 1 aromatic rings. The van der Waals surface area contributed by atoms with Crippen molar-refractivity contribution in [3.05, 3.63) is 23.8 Å². The van der Waals surface area contributed by atoms with E-state index in [0.29, 0.717) is 23.2 Å². The number of nitrogens with one attached hydrogen (secondary N) is 1. The Morgan fingerprint density at radius 1 is 1.30 bits per heavy atom. The molecule has 0 bridgehead atoms. The topological polar surface area (TPSA) is 82.1 Å². The highest BCUT2D eigenvalue weighted by Crippen LogP contribution is 2.40. The van der Waals surface area contributed by atoms with Gasteiger partial charge < -0.3 is 16.2 Å². The van der Waals surface area contributed by atoms with Gasteiger partial charge in [0.25, 0.3) is 0 Å². The first-order chi connectivity index (χ1) is 9.34. The Labute approximate surface area is 120 Å². The van der Waals surface area contributed by atoms with Gasteiger partial charge in [0.2, 0.25) is 0 Å². The molecule has 0 aliphatic heterocycles. The van der Waals surface area contributed by atoms with Gasteiger partial charge in [0.1, 0.15) is 0 Å². The van der Waals surface area contributed by atoms with Gasteiger partial charge in [-0.05, 0) is 49.3 Å². The van der Waals surface area contributed by atoms with E-state index in [1.54, 1.807) is 18.2 Å². The molecule has 4 nitrogen and oxygen atoms in total. The molecule has 4 heteroatoms. The van der Waals surface area contributed by atoms with E-state index in [1.807, 2.05) is 0 Å². The number of nitrogens with two attached hydrogens (primary N) is 1. The first-order valence-corrected chi connectivity index (χ1v) is 7.10. The standard InChI is InChI=1S/C16H23N3O/c1-15(2)5-7-16(20,8-6-15)11-19-14-4-3-12(10-17)9-13(14)18/h3-4,9,19-20H,5-8,11,18H2,1-2H3. The Morgan fingerprint density at radius 2 is 1.95 bits per heavy atom. The highest BCUT2D eigenvalue weighted by atomic mass is 16.3. The molecule has 0 spiro atoms. The third-order valence-electron chi connectivity index (χ3n) is 4.32. The Balaban J connectivity index is 1.97. The summed E-state index contributed by atoms with van der Waals surface area (Å²) in [5.41, 5.74) is 7.45. The maximum Gasteiger partial charge on any atom is 0.0992 e. The summed E-state index contributed by atoms with van der Waals surface area (Å²) >= 11 is 0. The number of benzene rings is 1. The Morgan fingerprint density at radius 3 is 2.50 bits per heavy atom. The molecule has 2 rings (SSSR count). The summed E-state index contributed by atoms with van der Waals surface area (Å²) in [5.74, 6) is 0. The van der Waals surface area contributed by atoms with Crippen molar-refractivity contribution >= 4 is 11.4 Å². The maximum absolute atomic E-state index is 10.6. The molecular weight excluding hydrogens is 250 g/mol. The number of aliphatic hydroxyl groups is 1. The molecule has 0 saturated heterocycles. The molecule has 108 valence electrons. The van der Waals surface area contributed by atoms with Crippen molar-refractivity contribution in [2.75, 3.05) is 17.6 Å². The molecule has 1 fully saturated rings. The van der Waals surface area contributed by atoms with Crippen molar-refractivity contribution in [1.29, 1.82) is 5.26 Å². The minimum Gasteiger partial charge on any atom is -0.397 e. The highest BCUT2D eigenvalue weighted by Gasteiger charge is 2.36. The van der Waals surface area contributed by atoms with Gasteiger partial charge in [0, 0.05) is 6.54 Å². The average molecular weight is 273 g/mol. The average Bonchev–Trinajstić information content (AvgIpc) is 2.41. The van der Waals surface area contributed by atoms with Crippen LogP contribution < -0.4 is 11.1 Å². The fraction of sp³-hybridized carbons (Fsp3) is 0.562. The number of nitriles is 1. The van der Waals surface area contributed by atoms with Crippen LogP contribution in [0.5, 0.6) is 0 Å². The SMILES string of the molecule is CC1(C)CCC(O)(CNc2ccc(C#N)cc2N)CC1. The van der Waals surface area contributed by atoms with Crippen LogP contribution in [0.4, 0.5) is 11.4 Å². The van der Waals surface area contributed by atoms with Crippen molar-refractivity contribution < 1.29 is 5.11 Å². The number of hydrogen-bond acceptors (Lipinski definition) is 4. The van der Waals surface area contributed by atoms with Crippen molar-refractivity contribution in [1.82, 2.24) is 0 Å². The molecule has 1 aliphatic carbocycles. The van der Waals surface area contributed by atoms with Crippen LogP contribution in [0.15, 0.2) is 18.2 Å². The molecule has 20 heavy (non-hydrogen) atoms. The van der Waals surface area contributed by atoms with Gasteiger partial charge in [-0.1, -0.05) is 13.8 Å². The summed E-state index contributed by atoms with van der Waals surface area (Å²) in [6, 6.07) is 7.23. The van der Waals surface area contributed by atoms with Crippen LogP contribution in [0.3, 0.4) is 0 Å². The van der Waals surface area contributed by atoms with Gasteiger partial charge >= 0.3 is 0 Å². The van der Waals surface area contributed by atoms with Crippen molar-refractivity contribution in [2.45, 2.75) is 45.1 Å². The van der Waals surface area contributed by atoms with Crippen LogP contribution in [0.1, 0.15) is 45.1 Å². The van der Waals surface area contributed by atoms with E-state index in [4.69, 9.17) is 11.0 Å². The normalized spacial score (nSPS) is 20.1. The van der Waals surface area contributed by atoms with Crippen LogP contribution >= 0.6 is 0 Å². The zero-order valence-corrected chi connectivity index (χ0v) is 12.2. The van der Waals surface area contributed by atoms with Gasteiger partial charge in [0.15, 0.2) is 0 Å². The summed E-state index contributed by atoms with van der Waals surface area (Å²) in [7, 11) is 0. The highest BCUT2D eigenvalue weighted by molar-refractivity contribution is 5.68. The number of hydrogen-bond donors (Lipinski definition) is 3. The van der Waals surface area contributed by atoms with Gasteiger partial charge in [-0.15, -0.1) is 0 Å².